The minimum absolute atomic E-state index is 0.0349. The van der Waals surface area contributed by atoms with Crippen molar-refractivity contribution in [1.82, 2.24) is 0 Å². The summed E-state index contributed by atoms with van der Waals surface area (Å²) in [6, 6.07) is 5.22. The number of ketones is 1. The standard InChI is InChI=1S/C12H16O3/c1-8(2)12(13)10-6-5-9(14-3)7-11(10)15-4/h5-8H,1-4H3. The Bertz CT molecular complexity index is 356. The van der Waals surface area contributed by atoms with Gasteiger partial charge >= 0.3 is 0 Å². The van der Waals surface area contributed by atoms with Crippen LogP contribution in [0.25, 0.3) is 0 Å². The van der Waals surface area contributed by atoms with Gasteiger partial charge in [-0.1, -0.05) is 13.8 Å². The Morgan fingerprint density at radius 1 is 1.20 bits per heavy atom. The Balaban J connectivity index is 3.13. The maximum absolute atomic E-state index is 11.8. The predicted octanol–water partition coefficient (Wildman–Crippen LogP) is 2.54. The van der Waals surface area contributed by atoms with E-state index in [-0.39, 0.29) is 11.7 Å². The molecule has 0 radical (unpaired) electrons. The largest absolute Gasteiger partial charge is 0.497 e. The number of carbonyl (C=O) groups excluding carboxylic acids is 1. The van der Waals surface area contributed by atoms with Crippen LogP contribution >= 0.6 is 0 Å². The monoisotopic (exact) mass is 208 g/mol. The van der Waals surface area contributed by atoms with E-state index in [4.69, 9.17) is 9.47 Å². The molecule has 0 bridgehead atoms. The van der Waals surface area contributed by atoms with Crippen LogP contribution in [0.4, 0.5) is 0 Å². The van der Waals surface area contributed by atoms with Crippen molar-refractivity contribution >= 4 is 5.78 Å². The molecule has 0 aromatic heterocycles. The van der Waals surface area contributed by atoms with Crippen molar-refractivity contribution in [2.75, 3.05) is 14.2 Å². The van der Waals surface area contributed by atoms with Crippen LogP contribution < -0.4 is 9.47 Å². The van der Waals surface area contributed by atoms with E-state index in [2.05, 4.69) is 0 Å². The number of hydrogen-bond acceptors (Lipinski definition) is 3. The first-order valence-electron chi connectivity index (χ1n) is 4.86. The van der Waals surface area contributed by atoms with Gasteiger partial charge in [-0.3, -0.25) is 4.79 Å². The first-order valence-corrected chi connectivity index (χ1v) is 4.86. The third-order valence-corrected chi connectivity index (χ3v) is 2.20. The summed E-state index contributed by atoms with van der Waals surface area (Å²) in [6.07, 6.45) is 0. The average Bonchev–Trinajstić information content (AvgIpc) is 2.27. The maximum Gasteiger partial charge on any atom is 0.169 e. The zero-order valence-electron chi connectivity index (χ0n) is 9.53. The first-order chi connectivity index (χ1) is 7.10. The fourth-order valence-corrected chi connectivity index (χ4v) is 1.31. The quantitative estimate of drug-likeness (QED) is 0.713. The highest BCUT2D eigenvalue weighted by Gasteiger charge is 2.15. The van der Waals surface area contributed by atoms with Gasteiger partial charge in [0.25, 0.3) is 0 Å². The minimum Gasteiger partial charge on any atom is -0.497 e. The number of benzene rings is 1. The van der Waals surface area contributed by atoms with Crippen LogP contribution in [0.15, 0.2) is 18.2 Å². The highest BCUT2D eigenvalue weighted by Crippen LogP contribution is 2.26. The molecule has 0 aliphatic heterocycles. The Kier molecular flexibility index (Phi) is 3.72. The number of methoxy groups -OCH3 is 2. The lowest BCUT2D eigenvalue weighted by Gasteiger charge is -2.10. The van der Waals surface area contributed by atoms with Gasteiger partial charge in [0.2, 0.25) is 0 Å². The van der Waals surface area contributed by atoms with Crippen LogP contribution in [0.3, 0.4) is 0 Å². The van der Waals surface area contributed by atoms with E-state index in [9.17, 15) is 4.79 Å². The molecule has 1 aromatic rings. The van der Waals surface area contributed by atoms with E-state index < -0.39 is 0 Å². The van der Waals surface area contributed by atoms with Crippen molar-refractivity contribution in [3.05, 3.63) is 23.8 Å². The lowest BCUT2D eigenvalue weighted by Crippen LogP contribution is -2.09. The molecule has 0 fully saturated rings. The molecule has 1 rings (SSSR count). The highest BCUT2D eigenvalue weighted by atomic mass is 16.5. The predicted molar refractivity (Wildman–Crippen MR) is 58.7 cm³/mol. The molecule has 0 saturated heterocycles. The number of rotatable bonds is 4. The van der Waals surface area contributed by atoms with E-state index >= 15 is 0 Å². The Morgan fingerprint density at radius 3 is 2.33 bits per heavy atom. The molecule has 3 heteroatoms. The number of Topliss-reactive ketones (excluding diaryl/α,β-unsaturated/α-hetero) is 1. The molecule has 1 aromatic carbocycles. The smallest absolute Gasteiger partial charge is 0.169 e. The van der Waals surface area contributed by atoms with Gasteiger partial charge in [-0.05, 0) is 12.1 Å². The Hall–Kier alpha value is -1.51. The fourth-order valence-electron chi connectivity index (χ4n) is 1.31. The molecule has 0 spiro atoms. The molecular formula is C12H16O3. The van der Waals surface area contributed by atoms with Gasteiger partial charge in [-0.25, -0.2) is 0 Å². The van der Waals surface area contributed by atoms with E-state index in [0.717, 1.165) is 0 Å². The van der Waals surface area contributed by atoms with Gasteiger partial charge in [-0.15, -0.1) is 0 Å². The maximum atomic E-state index is 11.8. The van der Waals surface area contributed by atoms with Gasteiger partial charge in [-0.2, -0.15) is 0 Å². The van der Waals surface area contributed by atoms with Crippen molar-refractivity contribution < 1.29 is 14.3 Å². The average molecular weight is 208 g/mol. The number of carbonyl (C=O) groups is 1. The zero-order valence-corrected chi connectivity index (χ0v) is 9.53. The fraction of sp³-hybridized carbons (Fsp3) is 0.417. The summed E-state index contributed by atoms with van der Waals surface area (Å²) in [4.78, 5) is 11.8. The third-order valence-electron chi connectivity index (χ3n) is 2.20. The molecule has 0 unspecified atom stereocenters. The number of hydrogen-bond donors (Lipinski definition) is 0. The van der Waals surface area contributed by atoms with Crippen molar-refractivity contribution in [2.24, 2.45) is 5.92 Å². The zero-order chi connectivity index (χ0) is 11.4. The van der Waals surface area contributed by atoms with Crippen LogP contribution in [0.1, 0.15) is 24.2 Å². The van der Waals surface area contributed by atoms with Gasteiger partial charge < -0.3 is 9.47 Å². The molecule has 0 N–H and O–H groups in total. The molecule has 0 aliphatic rings. The highest BCUT2D eigenvalue weighted by molar-refractivity contribution is 6.00. The van der Waals surface area contributed by atoms with Crippen molar-refractivity contribution in [2.45, 2.75) is 13.8 Å². The molecule has 3 nitrogen and oxygen atoms in total. The molecule has 0 amide bonds. The SMILES string of the molecule is COc1ccc(C(=O)C(C)C)c(OC)c1. The second-order valence-corrected chi connectivity index (χ2v) is 3.59. The molecule has 0 aliphatic carbocycles. The van der Waals surface area contributed by atoms with Crippen molar-refractivity contribution in [1.29, 1.82) is 0 Å². The van der Waals surface area contributed by atoms with E-state index in [1.165, 1.54) is 0 Å². The molecule has 0 saturated carbocycles. The molecule has 82 valence electrons. The van der Waals surface area contributed by atoms with Crippen LogP contribution in [0, 0.1) is 5.92 Å². The summed E-state index contributed by atoms with van der Waals surface area (Å²) in [5.41, 5.74) is 0.605. The Labute approximate surface area is 90.0 Å². The van der Waals surface area contributed by atoms with Crippen molar-refractivity contribution in [3.8, 4) is 11.5 Å². The first kappa shape index (κ1) is 11.6. The number of ether oxygens (including phenoxy) is 2. The topological polar surface area (TPSA) is 35.5 Å². The van der Waals surface area contributed by atoms with Crippen molar-refractivity contribution in [3.63, 3.8) is 0 Å². The van der Waals surface area contributed by atoms with E-state index in [1.807, 2.05) is 13.8 Å². The summed E-state index contributed by atoms with van der Waals surface area (Å²) in [5.74, 6) is 1.29. The minimum atomic E-state index is -0.0349. The van der Waals surface area contributed by atoms with Gasteiger partial charge in [0.1, 0.15) is 11.5 Å². The van der Waals surface area contributed by atoms with Gasteiger partial charge in [0.05, 0.1) is 19.8 Å². The molecule has 0 heterocycles. The summed E-state index contributed by atoms with van der Waals surface area (Å²) in [7, 11) is 3.13. The van der Waals surface area contributed by atoms with Gasteiger partial charge in [0, 0.05) is 12.0 Å². The van der Waals surface area contributed by atoms with Gasteiger partial charge in [0.15, 0.2) is 5.78 Å². The summed E-state index contributed by atoms with van der Waals surface area (Å²) < 4.78 is 10.2. The van der Waals surface area contributed by atoms with Crippen LogP contribution in [0.5, 0.6) is 11.5 Å². The normalized spacial score (nSPS) is 10.2. The lowest BCUT2D eigenvalue weighted by atomic mass is 10.0. The summed E-state index contributed by atoms with van der Waals surface area (Å²) >= 11 is 0. The molecule has 0 atom stereocenters. The molecular weight excluding hydrogens is 192 g/mol. The second-order valence-electron chi connectivity index (χ2n) is 3.59. The van der Waals surface area contributed by atoms with Crippen LogP contribution in [-0.4, -0.2) is 20.0 Å². The lowest BCUT2D eigenvalue weighted by molar-refractivity contribution is 0.0936. The molecule has 15 heavy (non-hydrogen) atoms. The van der Waals surface area contributed by atoms with E-state index in [1.54, 1.807) is 32.4 Å². The van der Waals surface area contributed by atoms with Crippen LogP contribution in [0.2, 0.25) is 0 Å². The summed E-state index contributed by atoms with van der Waals surface area (Å²) in [5, 5.41) is 0. The summed E-state index contributed by atoms with van der Waals surface area (Å²) in [6.45, 7) is 3.73. The van der Waals surface area contributed by atoms with E-state index in [0.29, 0.717) is 17.1 Å². The third kappa shape index (κ3) is 2.49. The van der Waals surface area contributed by atoms with Crippen LogP contribution in [-0.2, 0) is 0 Å². The second kappa shape index (κ2) is 4.82. The Morgan fingerprint density at radius 2 is 1.87 bits per heavy atom.